The standard InChI is InChI=1S/C19H15ClN4S/c1-12-21-10-15(13-6-7-17-18(8-13)25-11-23-17)19(24-12)22-9-14-4-2-3-5-16(14)20/h2-8,10-11H,9H2,1H3,(H,21,22,24). The number of fused-ring (bicyclic) bond motifs is 1. The van der Waals surface area contributed by atoms with E-state index in [4.69, 9.17) is 11.6 Å². The number of halogens is 1. The number of benzene rings is 2. The van der Waals surface area contributed by atoms with E-state index in [1.54, 1.807) is 11.3 Å². The number of rotatable bonds is 4. The Labute approximate surface area is 154 Å². The molecule has 0 aliphatic rings. The van der Waals surface area contributed by atoms with E-state index in [2.05, 4.69) is 32.4 Å². The van der Waals surface area contributed by atoms with E-state index in [-0.39, 0.29) is 0 Å². The van der Waals surface area contributed by atoms with Crippen molar-refractivity contribution < 1.29 is 0 Å². The van der Waals surface area contributed by atoms with Crippen LogP contribution >= 0.6 is 22.9 Å². The van der Waals surface area contributed by atoms with Gasteiger partial charge in [-0.05, 0) is 36.2 Å². The second-order valence-corrected chi connectivity index (χ2v) is 6.95. The number of hydrogen-bond donors (Lipinski definition) is 1. The van der Waals surface area contributed by atoms with Crippen LogP contribution in [0.15, 0.2) is 54.2 Å². The maximum Gasteiger partial charge on any atom is 0.137 e. The molecule has 2 aromatic carbocycles. The van der Waals surface area contributed by atoms with E-state index in [0.29, 0.717) is 6.54 Å². The van der Waals surface area contributed by atoms with Gasteiger partial charge in [0.05, 0.1) is 15.7 Å². The zero-order chi connectivity index (χ0) is 17.2. The second kappa shape index (κ2) is 6.78. The Morgan fingerprint density at radius 1 is 1.12 bits per heavy atom. The predicted molar refractivity (Wildman–Crippen MR) is 104 cm³/mol. The highest BCUT2D eigenvalue weighted by molar-refractivity contribution is 7.16. The summed E-state index contributed by atoms with van der Waals surface area (Å²) in [6.07, 6.45) is 1.86. The van der Waals surface area contributed by atoms with Crippen molar-refractivity contribution in [3.05, 3.63) is 70.6 Å². The molecule has 6 heteroatoms. The van der Waals surface area contributed by atoms with Gasteiger partial charge in [0.1, 0.15) is 11.6 Å². The number of hydrogen-bond acceptors (Lipinski definition) is 5. The first-order chi connectivity index (χ1) is 12.2. The van der Waals surface area contributed by atoms with Gasteiger partial charge in [0.2, 0.25) is 0 Å². The first-order valence-corrected chi connectivity index (χ1v) is 9.11. The monoisotopic (exact) mass is 366 g/mol. The lowest BCUT2D eigenvalue weighted by Gasteiger charge is -2.12. The minimum absolute atomic E-state index is 0.603. The topological polar surface area (TPSA) is 50.7 Å². The van der Waals surface area contributed by atoms with Gasteiger partial charge in [-0.3, -0.25) is 0 Å². The lowest BCUT2D eigenvalue weighted by Crippen LogP contribution is -2.05. The highest BCUT2D eigenvalue weighted by Crippen LogP contribution is 2.30. The quantitative estimate of drug-likeness (QED) is 0.530. The van der Waals surface area contributed by atoms with E-state index in [0.717, 1.165) is 43.6 Å². The molecule has 1 N–H and O–H groups in total. The van der Waals surface area contributed by atoms with Crippen molar-refractivity contribution in [2.24, 2.45) is 0 Å². The van der Waals surface area contributed by atoms with Crippen LogP contribution in [0, 0.1) is 6.92 Å². The normalized spacial score (nSPS) is 11.0. The molecule has 4 aromatic rings. The maximum atomic E-state index is 6.25. The van der Waals surface area contributed by atoms with E-state index in [1.165, 1.54) is 0 Å². The van der Waals surface area contributed by atoms with Crippen molar-refractivity contribution in [1.29, 1.82) is 0 Å². The molecule has 0 saturated heterocycles. The molecule has 0 radical (unpaired) electrons. The molecule has 2 aromatic heterocycles. The van der Waals surface area contributed by atoms with Gasteiger partial charge in [0, 0.05) is 23.3 Å². The minimum atomic E-state index is 0.603. The molecular formula is C19H15ClN4S. The molecule has 0 fully saturated rings. The van der Waals surface area contributed by atoms with E-state index in [1.807, 2.05) is 49.0 Å². The van der Waals surface area contributed by atoms with Crippen molar-refractivity contribution in [1.82, 2.24) is 15.0 Å². The smallest absolute Gasteiger partial charge is 0.137 e. The SMILES string of the molecule is Cc1ncc(-c2ccc3ncsc3c2)c(NCc2ccccc2Cl)n1. The number of aryl methyl sites for hydroxylation is 1. The lowest BCUT2D eigenvalue weighted by molar-refractivity contribution is 1.02. The van der Waals surface area contributed by atoms with E-state index >= 15 is 0 Å². The van der Waals surface area contributed by atoms with Crippen LogP contribution in [0.1, 0.15) is 11.4 Å². The van der Waals surface area contributed by atoms with E-state index in [9.17, 15) is 0 Å². The summed E-state index contributed by atoms with van der Waals surface area (Å²) in [6.45, 7) is 2.49. The molecule has 124 valence electrons. The minimum Gasteiger partial charge on any atom is -0.365 e. The molecule has 0 aliphatic heterocycles. The van der Waals surface area contributed by atoms with Crippen LogP contribution in [0.4, 0.5) is 5.82 Å². The molecule has 0 atom stereocenters. The van der Waals surface area contributed by atoms with Crippen LogP contribution in [0.25, 0.3) is 21.3 Å². The second-order valence-electron chi connectivity index (χ2n) is 5.66. The van der Waals surface area contributed by atoms with E-state index < -0.39 is 0 Å². The molecule has 4 nitrogen and oxygen atoms in total. The summed E-state index contributed by atoms with van der Waals surface area (Å²) in [5.74, 6) is 1.53. The van der Waals surface area contributed by atoms with Crippen molar-refractivity contribution in [3.63, 3.8) is 0 Å². The highest BCUT2D eigenvalue weighted by atomic mass is 35.5. The Bertz CT molecular complexity index is 1040. The van der Waals surface area contributed by atoms with Crippen LogP contribution in [-0.4, -0.2) is 15.0 Å². The molecule has 4 rings (SSSR count). The summed E-state index contributed by atoms with van der Waals surface area (Å²) >= 11 is 7.88. The third kappa shape index (κ3) is 3.34. The molecule has 0 amide bonds. The summed E-state index contributed by atoms with van der Waals surface area (Å²) in [5.41, 5.74) is 5.93. The summed E-state index contributed by atoms with van der Waals surface area (Å²) < 4.78 is 1.15. The van der Waals surface area contributed by atoms with Crippen LogP contribution < -0.4 is 5.32 Å². The van der Waals surface area contributed by atoms with Gasteiger partial charge in [0.15, 0.2) is 0 Å². The van der Waals surface area contributed by atoms with Crippen LogP contribution in [0.2, 0.25) is 5.02 Å². The lowest BCUT2D eigenvalue weighted by atomic mass is 10.1. The molecule has 2 heterocycles. The van der Waals surface area contributed by atoms with Crippen molar-refractivity contribution >= 4 is 39.0 Å². The average molecular weight is 367 g/mol. The fraction of sp³-hybridized carbons (Fsp3) is 0.105. The van der Waals surface area contributed by atoms with Gasteiger partial charge in [0.25, 0.3) is 0 Å². The predicted octanol–water partition coefficient (Wildman–Crippen LogP) is 5.33. The molecule has 0 unspecified atom stereocenters. The number of thiazole rings is 1. The molecule has 25 heavy (non-hydrogen) atoms. The van der Waals surface area contributed by atoms with Gasteiger partial charge in [-0.2, -0.15) is 0 Å². The van der Waals surface area contributed by atoms with Crippen LogP contribution in [0.5, 0.6) is 0 Å². The first kappa shape index (κ1) is 16.0. The Balaban J connectivity index is 1.69. The van der Waals surface area contributed by atoms with Gasteiger partial charge >= 0.3 is 0 Å². The molecule has 0 spiro atoms. The number of anilines is 1. The summed E-state index contributed by atoms with van der Waals surface area (Å²) in [5, 5.41) is 4.15. The van der Waals surface area contributed by atoms with Gasteiger partial charge in [-0.25, -0.2) is 15.0 Å². The molecule has 0 saturated carbocycles. The third-order valence-corrected chi connectivity index (χ3v) is 5.12. The number of nitrogens with zero attached hydrogens (tertiary/aromatic N) is 3. The Hall–Kier alpha value is -2.50. The van der Waals surface area contributed by atoms with Gasteiger partial charge in [-0.1, -0.05) is 35.9 Å². The fourth-order valence-electron chi connectivity index (χ4n) is 2.66. The Morgan fingerprint density at radius 2 is 2.00 bits per heavy atom. The zero-order valence-corrected chi connectivity index (χ0v) is 15.1. The summed E-state index contributed by atoms with van der Waals surface area (Å²) in [6, 6.07) is 14.0. The Kier molecular flexibility index (Phi) is 4.34. The largest absolute Gasteiger partial charge is 0.365 e. The third-order valence-electron chi connectivity index (χ3n) is 3.96. The summed E-state index contributed by atoms with van der Waals surface area (Å²) in [4.78, 5) is 13.3. The van der Waals surface area contributed by atoms with Gasteiger partial charge < -0.3 is 5.32 Å². The van der Waals surface area contributed by atoms with Crippen molar-refractivity contribution in [2.45, 2.75) is 13.5 Å². The zero-order valence-electron chi connectivity index (χ0n) is 13.5. The fourth-order valence-corrected chi connectivity index (χ4v) is 3.58. The average Bonchev–Trinajstić information content (AvgIpc) is 3.09. The van der Waals surface area contributed by atoms with Gasteiger partial charge in [-0.15, -0.1) is 11.3 Å². The van der Waals surface area contributed by atoms with Crippen LogP contribution in [-0.2, 0) is 6.54 Å². The Morgan fingerprint density at radius 3 is 2.88 bits per heavy atom. The molecule has 0 bridgehead atoms. The van der Waals surface area contributed by atoms with Crippen LogP contribution in [0.3, 0.4) is 0 Å². The highest BCUT2D eigenvalue weighted by Gasteiger charge is 2.10. The molecule has 0 aliphatic carbocycles. The maximum absolute atomic E-state index is 6.25. The van der Waals surface area contributed by atoms with Crippen molar-refractivity contribution in [3.8, 4) is 11.1 Å². The van der Waals surface area contributed by atoms with Crippen molar-refractivity contribution in [2.75, 3.05) is 5.32 Å². The molecular weight excluding hydrogens is 352 g/mol. The first-order valence-electron chi connectivity index (χ1n) is 7.85. The number of nitrogens with one attached hydrogen (secondary N) is 1. The number of aromatic nitrogens is 3. The summed E-state index contributed by atoms with van der Waals surface area (Å²) in [7, 11) is 0.